The van der Waals surface area contributed by atoms with Crippen LogP contribution in [0.15, 0.2) is 29.0 Å². The van der Waals surface area contributed by atoms with E-state index in [1.807, 2.05) is 28.9 Å². The van der Waals surface area contributed by atoms with Crippen molar-refractivity contribution in [3.63, 3.8) is 0 Å². The predicted molar refractivity (Wildman–Crippen MR) is 52.2 cm³/mol. The molecule has 64 valence electrons. The Morgan fingerprint density at radius 3 is 3.08 bits per heavy atom. The van der Waals surface area contributed by atoms with E-state index in [0.717, 1.165) is 15.8 Å². The molecule has 0 radical (unpaired) electrons. The van der Waals surface area contributed by atoms with Gasteiger partial charge in [-0.05, 0) is 28.1 Å². The molecular formula is C9H6BrN3. The van der Waals surface area contributed by atoms with Gasteiger partial charge in [0.2, 0.25) is 0 Å². The Labute approximate surface area is 83.8 Å². The number of hydrogen-bond donors (Lipinski definition) is 0. The molecule has 0 aliphatic rings. The summed E-state index contributed by atoms with van der Waals surface area (Å²) in [7, 11) is 0. The lowest BCUT2D eigenvalue weighted by atomic mass is 10.4. The van der Waals surface area contributed by atoms with E-state index >= 15 is 0 Å². The van der Waals surface area contributed by atoms with Crippen molar-refractivity contribution in [2.45, 2.75) is 6.42 Å². The summed E-state index contributed by atoms with van der Waals surface area (Å²) >= 11 is 3.37. The Morgan fingerprint density at radius 2 is 2.31 bits per heavy atom. The number of halogens is 1. The summed E-state index contributed by atoms with van der Waals surface area (Å²) < 4.78 is 2.90. The van der Waals surface area contributed by atoms with Crippen LogP contribution in [0.4, 0.5) is 0 Å². The van der Waals surface area contributed by atoms with E-state index < -0.39 is 0 Å². The standard InChI is InChI=1S/C9H6BrN3/c10-7-1-2-9-12-8(3-4-11)6-13(9)5-7/h1-2,5-6H,3H2. The second-order valence-electron chi connectivity index (χ2n) is 2.68. The van der Waals surface area contributed by atoms with Gasteiger partial charge >= 0.3 is 0 Å². The number of nitrogens with zero attached hydrogens (tertiary/aromatic N) is 3. The number of aromatic nitrogens is 2. The lowest BCUT2D eigenvalue weighted by Gasteiger charge is -1.91. The summed E-state index contributed by atoms with van der Waals surface area (Å²) in [6.07, 6.45) is 4.14. The highest BCUT2D eigenvalue weighted by Gasteiger charge is 2.00. The third-order valence-corrected chi connectivity index (χ3v) is 2.19. The minimum Gasteiger partial charge on any atom is -0.306 e. The summed E-state index contributed by atoms with van der Waals surface area (Å²) in [6.45, 7) is 0. The maximum atomic E-state index is 8.49. The van der Waals surface area contributed by atoms with Crippen LogP contribution in [0.3, 0.4) is 0 Å². The third-order valence-electron chi connectivity index (χ3n) is 1.73. The normalized spacial score (nSPS) is 10.2. The molecule has 0 amide bonds. The average Bonchev–Trinajstić information content (AvgIpc) is 2.46. The second kappa shape index (κ2) is 3.19. The fourth-order valence-corrected chi connectivity index (χ4v) is 1.54. The van der Waals surface area contributed by atoms with Crippen LogP contribution in [0, 0.1) is 11.3 Å². The van der Waals surface area contributed by atoms with Crippen molar-refractivity contribution in [1.82, 2.24) is 9.38 Å². The van der Waals surface area contributed by atoms with Gasteiger partial charge in [0.1, 0.15) is 5.65 Å². The number of hydrogen-bond acceptors (Lipinski definition) is 2. The van der Waals surface area contributed by atoms with Gasteiger partial charge in [0.15, 0.2) is 0 Å². The molecule has 3 nitrogen and oxygen atoms in total. The van der Waals surface area contributed by atoms with Gasteiger partial charge in [-0.25, -0.2) is 4.98 Å². The molecule has 0 aliphatic carbocycles. The van der Waals surface area contributed by atoms with E-state index in [9.17, 15) is 0 Å². The summed E-state index contributed by atoms with van der Waals surface area (Å²) in [5, 5.41) is 8.49. The molecular weight excluding hydrogens is 230 g/mol. The van der Waals surface area contributed by atoms with Gasteiger partial charge in [-0.3, -0.25) is 0 Å². The van der Waals surface area contributed by atoms with Crippen molar-refractivity contribution >= 4 is 21.6 Å². The Kier molecular flexibility index (Phi) is 2.03. The summed E-state index contributed by atoms with van der Waals surface area (Å²) in [6, 6.07) is 5.91. The molecule has 0 bridgehead atoms. The molecule has 0 saturated carbocycles. The van der Waals surface area contributed by atoms with Crippen molar-refractivity contribution in [2.24, 2.45) is 0 Å². The minimum absolute atomic E-state index is 0.360. The maximum absolute atomic E-state index is 8.49. The largest absolute Gasteiger partial charge is 0.306 e. The molecule has 2 rings (SSSR count). The Balaban J connectivity index is 2.57. The number of imidazole rings is 1. The van der Waals surface area contributed by atoms with Gasteiger partial charge in [-0.15, -0.1) is 0 Å². The van der Waals surface area contributed by atoms with Crippen LogP contribution in [0.2, 0.25) is 0 Å². The van der Waals surface area contributed by atoms with Gasteiger partial charge in [0.05, 0.1) is 18.2 Å². The topological polar surface area (TPSA) is 41.1 Å². The predicted octanol–water partition coefficient (Wildman–Crippen LogP) is 2.16. The van der Waals surface area contributed by atoms with E-state index in [1.54, 1.807) is 0 Å². The molecule has 0 N–H and O–H groups in total. The zero-order chi connectivity index (χ0) is 9.26. The van der Waals surface area contributed by atoms with E-state index in [4.69, 9.17) is 5.26 Å². The van der Waals surface area contributed by atoms with Crippen molar-refractivity contribution in [1.29, 1.82) is 5.26 Å². The monoisotopic (exact) mass is 235 g/mol. The Hall–Kier alpha value is -1.34. The third kappa shape index (κ3) is 1.56. The van der Waals surface area contributed by atoms with Gasteiger partial charge in [0, 0.05) is 16.9 Å². The summed E-state index contributed by atoms with van der Waals surface area (Å²) in [5.41, 5.74) is 1.68. The van der Waals surface area contributed by atoms with E-state index in [0.29, 0.717) is 6.42 Å². The molecule has 2 aromatic heterocycles. The lowest BCUT2D eigenvalue weighted by Crippen LogP contribution is -1.80. The number of pyridine rings is 1. The molecule has 2 heterocycles. The minimum atomic E-state index is 0.360. The quantitative estimate of drug-likeness (QED) is 0.761. The first-order valence-electron chi connectivity index (χ1n) is 3.79. The highest BCUT2D eigenvalue weighted by molar-refractivity contribution is 9.10. The summed E-state index contributed by atoms with van der Waals surface area (Å²) in [4.78, 5) is 4.26. The molecule has 0 unspecified atom stereocenters. The van der Waals surface area contributed by atoms with Crippen molar-refractivity contribution in [2.75, 3.05) is 0 Å². The Bertz CT molecular complexity index is 481. The number of rotatable bonds is 1. The fourth-order valence-electron chi connectivity index (χ4n) is 1.18. The van der Waals surface area contributed by atoms with Crippen LogP contribution in [0.5, 0.6) is 0 Å². The van der Waals surface area contributed by atoms with Gasteiger partial charge < -0.3 is 4.40 Å². The fraction of sp³-hybridized carbons (Fsp3) is 0.111. The molecule has 0 saturated heterocycles. The van der Waals surface area contributed by atoms with Crippen LogP contribution in [-0.4, -0.2) is 9.38 Å². The first-order chi connectivity index (χ1) is 6.29. The van der Waals surface area contributed by atoms with E-state index in [1.165, 1.54) is 0 Å². The van der Waals surface area contributed by atoms with Crippen LogP contribution >= 0.6 is 15.9 Å². The maximum Gasteiger partial charge on any atom is 0.137 e. The number of nitriles is 1. The van der Waals surface area contributed by atoms with Crippen LogP contribution in [-0.2, 0) is 6.42 Å². The van der Waals surface area contributed by atoms with E-state index in [-0.39, 0.29) is 0 Å². The SMILES string of the molecule is N#CCc1cn2cc(Br)ccc2n1. The smallest absolute Gasteiger partial charge is 0.137 e. The average molecular weight is 236 g/mol. The molecule has 0 aromatic carbocycles. The zero-order valence-corrected chi connectivity index (χ0v) is 8.32. The zero-order valence-electron chi connectivity index (χ0n) is 6.74. The van der Waals surface area contributed by atoms with Crippen molar-refractivity contribution < 1.29 is 0 Å². The second-order valence-corrected chi connectivity index (χ2v) is 3.60. The summed E-state index contributed by atoms with van der Waals surface area (Å²) in [5.74, 6) is 0. The molecule has 0 spiro atoms. The van der Waals surface area contributed by atoms with Gasteiger partial charge in [-0.2, -0.15) is 5.26 Å². The highest BCUT2D eigenvalue weighted by atomic mass is 79.9. The highest BCUT2D eigenvalue weighted by Crippen LogP contribution is 2.12. The molecule has 2 aromatic rings. The number of fused-ring (bicyclic) bond motifs is 1. The van der Waals surface area contributed by atoms with E-state index in [2.05, 4.69) is 27.0 Å². The first-order valence-corrected chi connectivity index (χ1v) is 4.59. The molecule has 0 atom stereocenters. The van der Waals surface area contributed by atoms with Crippen LogP contribution < -0.4 is 0 Å². The van der Waals surface area contributed by atoms with Gasteiger partial charge in [-0.1, -0.05) is 0 Å². The molecule has 0 fully saturated rings. The first kappa shape index (κ1) is 8.27. The van der Waals surface area contributed by atoms with Crippen LogP contribution in [0.1, 0.15) is 5.69 Å². The Morgan fingerprint density at radius 1 is 1.46 bits per heavy atom. The van der Waals surface area contributed by atoms with Crippen molar-refractivity contribution in [3.05, 3.63) is 34.7 Å². The van der Waals surface area contributed by atoms with Crippen molar-refractivity contribution in [3.8, 4) is 6.07 Å². The lowest BCUT2D eigenvalue weighted by molar-refractivity contribution is 1.15. The van der Waals surface area contributed by atoms with Crippen LogP contribution in [0.25, 0.3) is 5.65 Å². The van der Waals surface area contributed by atoms with Gasteiger partial charge in [0.25, 0.3) is 0 Å². The molecule has 4 heteroatoms. The molecule has 0 aliphatic heterocycles. The molecule has 13 heavy (non-hydrogen) atoms.